The third kappa shape index (κ3) is 6.46. The molecule has 10 heteroatoms. The van der Waals surface area contributed by atoms with Gasteiger partial charge in [-0.15, -0.1) is 0 Å². The molecule has 1 heterocycles. The van der Waals surface area contributed by atoms with Crippen LogP contribution in [0.3, 0.4) is 0 Å². The maximum absolute atomic E-state index is 12.5. The number of carboxylic acids is 1. The molecular weight excluding hydrogens is 380 g/mol. The first kappa shape index (κ1) is 22.2. The molecule has 1 aliphatic heterocycles. The van der Waals surface area contributed by atoms with Crippen molar-refractivity contribution in [2.75, 3.05) is 18.4 Å². The van der Waals surface area contributed by atoms with Crippen molar-refractivity contribution in [3.63, 3.8) is 0 Å². The fraction of sp³-hybridized carbons (Fsp3) is 0.474. The van der Waals surface area contributed by atoms with Crippen LogP contribution in [0.1, 0.15) is 37.6 Å². The van der Waals surface area contributed by atoms with E-state index >= 15 is 0 Å². The molecule has 158 valence electrons. The summed E-state index contributed by atoms with van der Waals surface area (Å²) in [6.45, 7) is 5.04. The van der Waals surface area contributed by atoms with Crippen LogP contribution in [0.2, 0.25) is 0 Å². The lowest BCUT2D eigenvalue weighted by Gasteiger charge is -2.27. The van der Waals surface area contributed by atoms with Crippen LogP contribution < -0.4 is 16.4 Å². The number of benzene rings is 1. The maximum atomic E-state index is 12.5. The first-order valence-corrected chi connectivity index (χ1v) is 9.12. The SMILES string of the molecule is CC(C)(C)OC(=O)C1CC(N)CN1C(=O)CNC(=O)Nc1cccc(C(=O)O)c1. The number of likely N-dealkylation sites (tertiary alicyclic amines) is 1. The lowest BCUT2D eigenvalue weighted by molar-refractivity contribution is -0.163. The number of nitrogens with two attached hydrogens (primary N) is 1. The summed E-state index contributed by atoms with van der Waals surface area (Å²) >= 11 is 0. The van der Waals surface area contributed by atoms with E-state index in [4.69, 9.17) is 15.6 Å². The molecule has 29 heavy (non-hydrogen) atoms. The van der Waals surface area contributed by atoms with Gasteiger partial charge in [-0.25, -0.2) is 14.4 Å². The van der Waals surface area contributed by atoms with Gasteiger partial charge in [0.15, 0.2) is 0 Å². The van der Waals surface area contributed by atoms with E-state index in [2.05, 4.69) is 10.6 Å². The quantitative estimate of drug-likeness (QED) is 0.527. The van der Waals surface area contributed by atoms with Crippen molar-refractivity contribution in [2.45, 2.75) is 44.9 Å². The molecule has 10 nitrogen and oxygen atoms in total. The fourth-order valence-corrected chi connectivity index (χ4v) is 2.90. The van der Waals surface area contributed by atoms with Crippen LogP contribution in [0.25, 0.3) is 0 Å². The van der Waals surface area contributed by atoms with Crippen molar-refractivity contribution >= 4 is 29.6 Å². The Morgan fingerprint density at radius 1 is 1.28 bits per heavy atom. The van der Waals surface area contributed by atoms with Crippen LogP contribution >= 0.6 is 0 Å². The second kappa shape index (κ2) is 8.91. The van der Waals surface area contributed by atoms with Crippen LogP contribution in [-0.2, 0) is 14.3 Å². The van der Waals surface area contributed by atoms with Crippen molar-refractivity contribution < 1.29 is 29.0 Å². The number of nitrogens with one attached hydrogen (secondary N) is 2. The van der Waals surface area contributed by atoms with Gasteiger partial charge in [-0.05, 0) is 45.4 Å². The number of carboxylic acid groups (broad SMARTS) is 1. The predicted octanol–water partition coefficient (Wildman–Crippen LogP) is 0.776. The summed E-state index contributed by atoms with van der Waals surface area (Å²) < 4.78 is 5.35. The van der Waals surface area contributed by atoms with E-state index in [1.165, 1.54) is 29.2 Å². The molecule has 0 radical (unpaired) electrons. The van der Waals surface area contributed by atoms with E-state index in [1.807, 2.05) is 0 Å². The largest absolute Gasteiger partial charge is 0.478 e. The Labute approximate surface area is 168 Å². The Bertz CT molecular complexity index is 804. The molecule has 2 unspecified atom stereocenters. The number of esters is 1. The van der Waals surface area contributed by atoms with Gasteiger partial charge in [-0.2, -0.15) is 0 Å². The Balaban J connectivity index is 1.93. The normalized spacial score (nSPS) is 18.8. The zero-order valence-electron chi connectivity index (χ0n) is 16.6. The van der Waals surface area contributed by atoms with Gasteiger partial charge in [-0.3, -0.25) is 4.79 Å². The Morgan fingerprint density at radius 2 is 1.97 bits per heavy atom. The standard InChI is InChI=1S/C19H26N4O6/c1-19(2,3)29-17(27)14-8-12(20)10-23(14)15(24)9-21-18(28)22-13-6-4-5-11(7-13)16(25)26/h4-7,12,14H,8-10,20H2,1-3H3,(H,25,26)(H2,21,22,28). The predicted molar refractivity (Wildman–Crippen MR) is 104 cm³/mol. The van der Waals surface area contributed by atoms with Gasteiger partial charge in [0, 0.05) is 18.3 Å². The van der Waals surface area contributed by atoms with Crippen LogP contribution in [0, 0.1) is 0 Å². The van der Waals surface area contributed by atoms with E-state index in [9.17, 15) is 19.2 Å². The molecule has 2 atom stereocenters. The highest BCUT2D eigenvalue weighted by Gasteiger charge is 2.40. The number of carbonyl (C=O) groups excluding carboxylic acids is 3. The summed E-state index contributed by atoms with van der Waals surface area (Å²) in [5, 5.41) is 13.8. The molecule has 0 aliphatic carbocycles. The molecule has 1 aliphatic rings. The number of hydrogen-bond donors (Lipinski definition) is 4. The molecule has 1 aromatic rings. The number of rotatable bonds is 5. The zero-order valence-corrected chi connectivity index (χ0v) is 16.6. The minimum Gasteiger partial charge on any atom is -0.478 e. The van der Waals surface area contributed by atoms with Crippen LogP contribution in [0.15, 0.2) is 24.3 Å². The van der Waals surface area contributed by atoms with Gasteiger partial charge in [0.05, 0.1) is 12.1 Å². The van der Waals surface area contributed by atoms with Crippen molar-refractivity contribution in [1.29, 1.82) is 0 Å². The number of urea groups is 1. The summed E-state index contributed by atoms with van der Waals surface area (Å²) in [6, 6.07) is 3.85. The first-order valence-electron chi connectivity index (χ1n) is 9.12. The van der Waals surface area contributed by atoms with Gasteiger partial charge in [0.25, 0.3) is 0 Å². The number of anilines is 1. The molecule has 5 N–H and O–H groups in total. The third-order valence-electron chi connectivity index (χ3n) is 4.10. The number of ether oxygens (including phenoxy) is 1. The molecule has 0 aromatic heterocycles. The average Bonchev–Trinajstić information content (AvgIpc) is 3.00. The molecule has 2 rings (SSSR count). The number of carbonyl (C=O) groups is 4. The number of hydrogen-bond acceptors (Lipinski definition) is 6. The van der Waals surface area contributed by atoms with Crippen LogP contribution in [0.5, 0.6) is 0 Å². The first-order chi connectivity index (χ1) is 13.5. The second-order valence-corrected chi connectivity index (χ2v) is 7.78. The van der Waals surface area contributed by atoms with E-state index in [0.717, 1.165) is 0 Å². The Hall–Kier alpha value is -3.14. The molecular formula is C19H26N4O6. The van der Waals surface area contributed by atoms with Gasteiger partial charge in [0.2, 0.25) is 5.91 Å². The zero-order chi connectivity index (χ0) is 21.8. The maximum Gasteiger partial charge on any atom is 0.335 e. The smallest absolute Gasteiger partial charge is 0.335 e. The van der Waals surface area contributed by atoms with Gasteiger partial charge in [0.1, 0.15) is 11.6 Å². The summed E-state index contributed by atoms with van der Waals surface area (Å²) in [5.41, 5.74) is 5.50. The minimum absolute atomic E-state index is 0.0186. The van der Waals surface area contributed by atoms with E-state index in [0.29, 0.717) is 0 Å². The average molecular weight is 406 g/mol. The lowest BCUT2D eigenvalue weighted by Crippen LogP contribution is -2.48. The van der Waals surface area contributed by atoms with Crippen LogP contribution in [0.4, 0.5) is 10.5 Å². The van der Waals surface area contributed by atoms with Crippen molar-refractivity contribution in [3.05, 3.63) is 29.8 Å². The Morgan fingerprint density at radius 3 is 2.59 bits per heavy atom. The minimum atomic E-state index is -1.12. The number of amides is 3. The summed E-state index contributed by atoms with van der Waals surface area (Å²) in [7, 11) is 0. The summed E-state index contributed by atoms with van der Waals surface area (Å²) in [5.74, 6) is -2.13. The lowest BCUT2D eigenvalue weighted by atomic mass is 10.1. The monoisotopic (exact) mass is 406 g/mol. The van der Waals surface area contributed by atoms with Crippen molar-refractivity contribution in [3.8, 4) is 0 Å². The highest BCUT2D eigenvalue weighted by atomic mass is 16.6. The summed E-state index contributed by atoms with van der Waals surface area (Å²) in [4.78, 5) is 49.2. The highest BCUT2D eigenvalue weighted by Crippen LogP contribution is 2.20. The topological polar surface area (TPSA) is 151 Å². The molecule has 1 aromatic carbocycles. The van der Waals surface area contributed by atoms with Crippen molar-refractivity contribution in [2.24, 2.45) is 5.73 Å². The van der Waals surface area contributed by atoms with E-state index in [-0.39, 0.29) is 36.8 Å². The fourth-order valence-electron chi connectivity index (χ4n) is 2.90. The number of aromatic carboxylic acids is 1. The van der Waals surface area contributed by atoms with Crippen molar-refractivity contribution in [1.82, 2.24) is 10.2 Å². The Kier molecular flexibility index (Phi) is 6.80. The molecule has 0 bridgehead atoms. The highest BCUT2D eigenvalue weighted by molar-refractivity contribution is 5.95. The third-order valence-corrected chi connectivity index (χ3v) is 4.10. The summed E-state index contributed by atoms with van der Waals surface area (Å²) in [6.07, 6.45) is 0.287. The molecule has 1 fully saturated rings. The molecule has 1 saturated heterocycles. The van der Waals surface area contributed by atoms with Crippen LogP contribution in [-0.4, -0.2) is 64.7 Å². The molecule has 0 saturated carbocycles. The van der Waals surface area contributed by atoms with Gasteiger partial charge in [-0.1, -0.05) is 6.07 Å². The second-order valence-electron chi connectivity index (χ2n) is 7.78. The molecule has 0 spiro atoms. The number of nitrogens with zero attached hydrogens (tertiary/aromatic N) is 1. The van der Waals surface area contributed by atoms with Gasteiger partial charge < -0.3 is 31.1 Å². The molecule has 3 amide bonds. The van der Waals surface area contributed by atoms with Gasteiger partial charge >= 0.3 is 18.0 Å². The van der Waals surface area contributed by atoms with E-state index in [1.54, 1.807) is 20.8 Å². The van der Waals surface area contributed by atoms with E-state index < -0.39 is 35.5 Å².